The van der Waals surface area contributed by atoms with Crippen molar-refractivity contribution in [3.63, 3.8) is 0 Å². The molecule has 0 N–H and O–H groups in total. The largest absolute Gasteiger partial charge is 0.382 e. The molecule has 0 aromatic carbocycles. The van der Waals surface area contributed by atoms with Crippen LogP contribution in [0.25, 0.3) is 0 Å². The lowest BCUT2D eigenvalue weighted by atomic mass is 9.49. The van der Waals surface area contributed by atoms with E-state index in [0.29, 0.717) is 5.41 Å². The van der Waals surface area contributed by atoms with Gasteiger partial charge in [-0.1, -0.05) is 19.3 Å². The molecule has 0 aromatic rings. The van der Waals surface area contributed by atoms with Gasteiger partial charge in [-0.15, -0.1) is 0 Å². The average Bonchev–Trinajstić information content (AvgIpc) is 2.60. The zero-order valence-corrected chi connectivity index (χ0v) is 16.4. The molecule has 3 nitrogen and oxygen atoms in total. The van der Waals surface area contributed by atoms with Gasteiger partial charge < -0.3 is 9.47 Å². The second-order valence-corrected chi connectivity index (χ2v) is 9.79. The summed E-state index contributed by atoms with van der Waals surface area (Å²) in [6, 6.07) is 0.827. The summed E-state index contributed by atoms with van der Waals surface area (Å²) in [5.74, 6) is 3.20. The SMILES string of the molecule is COCCOCCN(CC12CC3CC(CC(C3)C1)C2)C1CCCCC1. The molecule has 0 amide bonds. The predicted molar refractivity (Wildman–Crippen MR) is 102 cm³/mol. The van der Waals surface area contributed by atoms with Crippen LogP contribution in [0.5, 0.6) is 0 Å². The lowest BCUT2D eigenvalue weighted by Gasteiger charge is -2.58. The third-order valence-electron chi connectivity index (χ3n) is 7.75. The number of hydrogen-bond donors (Lipinski definition) is 0. The van der Waals surface area contributed by atoms with Gasteiger partial charge in [0.2, 0.25) is 0 Å². The van der Waals surface area contributed by atoms with E-state index in [0.717, 1.165) is 50.2 Å². The molecule has 0 saturated heterocycles. The summed E-state index contributed by atoms with van der Waals surface area (Å²) in [4.78, 5) is 2.87. The molecule has 4 bridgehead atoms. The molecule has 25 heavy (non-hydrogen) atoms. The van der Waals surface area contributed by atoms with E-state index in [1.54, 1.807) is 26.4 Å². The quantitative estimate of drug-likeness (QED) is 0.572. The minimum atomic E-state index is 0.665. The Morgan fingerprint density at radius 1 is 0.840 bits per heavy atom. The van der Waals surface area contributed by atoms with Crippen LogP contribution in [0.1, 0.15) is 70.6 Å². The van der Waals surface area contributed by atoms with Crippen LogP contribution in [0.4, 0.5) is 0 Å². The van der Waals surface area contributed by atoms with E-state index in [9.17, 15) is 0 Å². The van der Waals surface area contributed by atoms with Crippen molar-refractivity contribution in [2.24, 2.45) is 23.2 Å². The Morgan fingerprint density at radius 2 is 1.48 bits per heavy atom. The predicted octanol–water partition coefficient (Wildman–Crippen LogP) is 4.50. The van der Waals surface area contributed by atoms with Gasteiger partial charge >= 0.3 is 0 Å². The summed E-state index contributed by atoms with van der Waals surface area (Å²) in [6.07, 6.45) is 16.4. The van der Waals surface area contributed by atoms with E-state index < -0.39 is 0 Å². The molecule has 5 aliphatic carbocycles. The van der Waals surface area contributed by atoms with Gasteiger partial charge in [0.15, 0.2) is 0 Å². The fraction of sp³-hybridized carbons (Fsp3) is 1.00. The van der Waals surface area contributed by atoms with Crippen molar-refractivity contribution >= 4 is 0 Å². The van der Waals surface area contributed by atoms with Crippen molar-refractivity contribution in [1.29, 1.82) is 0 Å². The molecule has 5 rings (SSSR count). The summed E-state index contributed by atoms with van der Waals surface area (Å²) in [5, 5.41) is 0. The first-order chi connectivity index (χ1) is 12.3. The Bertz CT molecular complexity index is 383. The summed E-state index contributed by atoms with van der Waals surface area (Å²) in [6.45, 7) is 4.85. The molecule has 0 unspecified atom stereocenters. The number of methoxy groups -OCH3 is 1. The first-order valence-electron chi connectivity index (χ1n) is 11.1. The van der Waals surface area contributed by atoms with E-state index in [2.05, 4.69) is 4.90 Å². The van der Waals surface area contributed by atoms with E-state index >= 15 is 0 Å². The second-order valence-electron chi connectivity index (χ2n) is 9.79. The maximum absolute atomic E-state index is 5.85. The fourth-order valence-corrected chi connectivity index (χ4v) is 7.18. The summed E-state index contributed by atoms with van der Waals surface area (Å²) < 4.78 is 11.0. The number of hydrogen-bond acceptors (Lipinski definition) is 3. The molecular formula is C22H39NO2. The highest BCUT2D eigenvalue weighted by atomic mass is 16.5. The Kier molecular flexibility index (Phi) is 6.04. The molecule has 5 fully saturated rings. The number of ether oxygens (including phenoxy) is 2. The minimum absolute atomic E-state index is 0.665. The minimum Gasteiger partial charge on any atom is -0.382 e. The van der Waals surface area contributed by atoms with Crippen LogP contribution in [0, 0.1) is 23.2 Å². The normalized spacial score (nSPS) is 37.9. The Balaban J connectivity index is 1.37. The van der Waals surface area contributed by atoms with Crippen molar-refractivity contribution in [1.82, 2.24) is 4.90 Å². The first kappa shape index (κ1) is 18.3. The summed E-state index contributed by atoms with van der Waals surface area (Å²) >= 11 is 0. The molecule has 5 saturated carbocycles. The highest BCUT2D eigenvalue weighted by Gasteiger charge is 2.51. The van der Waals surface area contributed by atoms with Crippen LogP contribution in [0.3, 0.4) is 0 Å². The van der Waals surface area contributed by atoms with Gasteiger partial charge in [-0.3, -0.25) is 4.90 Å². The molecule has 0 aromatic heterocycles. The average molecular weight is 350 g/mol. The van der Waals surface area contributed by atoms with Gasteiger partial charge in [0.05, 0.1) is 19.8 Å². The van der Waals surface area contributed by atoms with Gasteiger partial charge in [0.1, 0.15) is 0 Å². The fourth-order valence-electron chi connectivity index (χ4n) is 7.18. The third-order valence-corrected chi connectivity index (χ3v) is 7.75. The lowest BCUT2D eigenvalue weighted by Crippen LogP contribution is -2.53. The summed E-state index contributed by atoms with van der Waals surface area (Å²) in [5.41, 5.74) is 0.665. The van der Waals surface area contributed by atoms with Crippen molar-refractivity contribution in [3.8, 4) is 0 Å². The van der Waals surface area contributed by atoms with Crippen LogP contribution in [0.15, 0.2) is 0 Å². The Labute approximate surface area is 154 Å². The second kappa shape index (κ2) is 8.27. The zero-order valence-electron chi connectivity index (χ0n) is 16.4. The molecule has 0 spiro atoms. The van der Waals surface area contributed by atoms with Gasteiger partial charge in [-0.2, -0.15) is 0 Å². The lowest BCUT2D eigenvalue weighted by molar-refractivity contribution is -0.0796. The molecule has 5 aliphatic rings. The van der Waals surface area contributed by atoms with E-state index in [4.69, 9.17) is 9.47 Å². The summed E-state index contributed by atoms with van der Waals surface area (Å²) in [7, 11) is 1.75. The van der Waals surface area contributed by atoms with Crippen molar-refractivity contribution in [2.75, 3.05) is 40.0 Å². The number of rotatable bonds is 9. The molecule has 0 aliphatic heterocycles. The zero-order chi connectivity index (χ0) is 17.1. The Morgan fingerprint density at radius 3 is 2.08 bits per heavy atom. The van der Waals surface area contributed by atoms with Gasteiger partial charge in [0, 0.05) is 26.2 Å². The monoisotopic (exact) mass is 349 g/mol. The van der Waals surface area contributed by atoms with E-state index in [1.807, 2.05) is 0 Å². The van der Waals surface area contributed by atoms with Gasteiger partial charge in [0.25, 0.3) is 0 Å². The number of nitrogens with zero attached hydrogens (tertiary/aromatic N) is 1. The van der Waals surface area contributed by atoms with Crippen LogP contribution in [-0.4, -0.2) is 51.0 Å². The van der Waals surface area contributed by atoms with Crippen molar-refractivity contribution < 1.29 is 9.47 Å². The highest BCUT2D eigenvalue weighted by Crippen LogP contribution is 2.60. The molecule has 0 radical (unpaired) electrons. The molecule has 3 heteroatoms. The first-order valence-corrected chi connectivity index (χ1v) is 11.1. The molecule has 144 valence electrons. The standard InChI is InChI=1S/C22H39NO2/c1-24-9-10-25-8-7-23(21-5-3-2-4-6-21)17-22-14-18-11-19(15-22)13-20(12-18)16-22/h18-21H,2-17H2,1H3. The van der Waals surface area contributed by atoms with Crippen LogP contribution in [0.2, 0.25) is 0 Å². The topological polar surface area (TPSA) is 21.7 Å². The van der Waals surface area contributed by atoms with Gasteiger partial charge in [-0.05, 0) is 74.5 Å². The highest BCUT2D eigenvalue weighted by molar-refractivity contribution is 5.03. The Hall–Kier alpha value is -0.120. The molecule has 0 heterocycles. The maximum Gasteiger partial charge on any atom is 0.0700 e. The molecular weight excluding hydrogens is 310 g/mol. The molecule has 0 atom stereocenters. The van der Waals surface area contributed by atoms with Gasteiger partial charge in [-0.25, -0.2) is 0 Å². The van der Waals surface area contributed by atoms with Crippen molar-refractivity contribution in [2.45, 2.75) is 76.7 Å². The van der Waals surface area contributed by atoms with Crippen LogP contribution < -0.4 is 0 Å². The third kappa shape index (κ3) is 4.42. The van der Waals surface area contributed by atoms with E-state index in [1.165, 1.54) is 57.9 Å². The van der Waals surface area contributed by atoms with Crippen LogP contribution >= 0.6 is 0 Å². The van der Waals surface area contributed by atoms with Crippen molar-refractivity contribution in [3.05, 3.63) is 0 Å². The smallest absolute Gasteiger partial charge is 0.0700 e. The van der Waals surface area contributed by atoms with E-state index in [-0.39, 0.29) is 0 Å². The maximum atomic E-state index is 5.85. The van der Waals surface area contributed by atoms with Crippen LogP contribution in [-0.2, 0) is 9.47 Å².